The van der Waals surface area contributed by atoms with Crippen LogP contribution in [0.15, 0.2) is 37.1 Å². The zero-order valence-electron chi connectivity index (χ0n) is 17.8. The molecule has 1 N–H and O–H groups in total. The normalized spacial score (nSPS) is 21.8. The van der Waals surface area contributed by atoms with E-state index in [1.54, 1.807) is 18.7 Å². The first kappa shape index (κ1) is 19.9. The zero-order chi connectivity index (χ0) is 21.0. The lowest BCUT2D eigenvalue weighted by molar-refractivity contribution is 0.122. The molecule has 31 heavy (non-hydrogen) atoms. The van der Waals surface area contributed by atoms with Crippen molar-refractivity contribution >= 4 is 22.5 Å². The van der Waals surface area contributed by atoms with Gasteiger partial charge in [0.15, 0.2) is 0 Å². The predicted octanol–water partition coefficient (Wildman–Crippen LogP) is 3.37. The van der Waals surface area contributed by atoms with Crippen molar-refractivity contribution in [3.63, 3.8) is 0 Å². The van der Waals surface area contributed by atoms with Crippen LogP contribution in [0, 0.1) is 6.92 Å². The molecule has 3 heterocycles. The van der Waals surface area contributed by atoms with E-state index in [0.29, 0.717) is 6.04 Å². The number of nitrogens with one attached hydrogen (secondary N) is 1. The molecule has 0 unspecified atom stereocenters. The number of rotatable bonds is 5. The first-order valence-corrected chi connectivity index (χ1v) is 11.0. The molecule has 5 rings (SSSR count). The van der Waals surface area contributed by atoms with Gasteiger partial charge in [-0.15, -0.1) is 0 Å². The molecule has 1 saturated carbocycles. The van der Waals surface area contributed by atoms with Crippen LogP contribution in [0.5, 0.6) is 5.75 Å². The van der Waals surface area contributed by atoms with E-state index in [9.17, 15) is 0 Å². The lowest BCUT2D eigenvalue weighted by atomic mass is 9.92. The van der Waals surface area contributed by atoms with Crippen molar-refractivity contribution < 1.29 is 9.47 Å². The van der Waals surface area contributed by atoms with Crippen LogP contribution >= 0.6 is 0 Å². The third-order valence-corrected chi connectivity index (χ3v) is 6.10. The third-order valence-electron chi connectivity index (χ3n) is 6.10. The molecule has 0 spiro atoms. The van der Waals surface area contributed by atoms with Gasteiger partial charge in [-0.25, -0.2) is 15.0 Å². The van der Waals surface area contributed by atoms with Gasteiger partial charge in [-0.2, -0.15) is 0 Å². The Morgan fingerprint density at radius 2 is 1.84 bits per heavy atom. The Bertz CT molecular complexity index is 1030. The first-order chi connectivity index (χ1) is 15.3. The van der Waals surface area contributed by atoms with E-state index in [1.807, 2.05) is 13.1 Å². The molecule has 1 aliphatic heterocycles. The van der Waals surface area contributed by atoms with Crippen LogP contribution in [0.1, 0.15) is 31.2 Å². The summed E-state index contributed by atoms with van der Waals surface area (Å²) < 4.78 is 12.0. The molecule has 3 aromatic rings. The van der Waals surface area contributed by atoms with Crippen LogP contribution in [-0.2, 0) is 4.74 Å². The summed E-state index contributed by atoms with van der Waals surface area (Å²) in [5.41, 5.74) is 3.90. The molecule has 0 amide bonds. The van der Waals surface area contributed by atoms with Gasteiger partial charge < -0.3 is 19.7 Å². The number of hydrogen-bond donors (Lipinski definition) is 1. The molecule has 0 atom stereocenters. The van der Waals surface area contributed by atoms with Crippen LogP contribution in [0.4, 0.5) is 11.5 Å². The van der Waals surface area contributed by atoms with E-state index in [0.717, 1.165) is 85.8 Å². The average molecular weight is 421 g/mol. The van der Waals surface area contributed by atoms with Gasteiger partial charge in [0.05, 0.1) is 24.8 Å². The number of morpholine rings is 1. The summed E-state index contributed by atoms with van der Waals surface area (Å²) in [4.78, 5) is 19.9. The van der Waals surface area contributed by atoms with Crippen LogP contribution in [0.25, 0.3) is 11.0 Å². The second kappa shape index (κ2) is 9.01. The standard InChI is InChI=1S/C23H28N6O2/c1-16-14-24-15-27-23(16)28-17-2-4-19(5-3-17)31-21-13-18(29-8-10-30-11-9-29)12-20-22(21)26-7-6-25-20/h6-7,12-15,17,19H,2-5,8-11H2,1H3,(H,24,27,28). The number of aromatic nitrogens is 4. The summed E-state index contributed by atoms with van der Waals surface area (Å²) >= 11 is 0. The highest BCUT2D eigenvalue weighted by Crippen LogP contribution is 2.33. The van der Waals surface area contributed by atoms with E-state index in [2.05, 4.69) is 42.3 Å². The lowest BCUT2D eigenvalue weighted by Crippen LogP contribution is -2.36. The Balaban J connectivity index is 1.28. The Morgan fingerprint density at radius 1 is 1.03 bits per heavy atom. The summed E-state index contributed by atoms with van der Waals surface area (Å²) in [6.07, 6.45) is 11.2. The smallest absolute Gasteiger partial charge is 0.149 e. The van der Waals surface area contributed by atoms with Gasteiger partial charge >= 0.3 is 0 Å². The molecular weight excluding hydrogens is 392 g/mol. The number of anilines is 2. The Hall–Kier alpha value is -3.00. The second-order valence-corrected chi connectivity index (χ2v) is 8.26. The Morgan fingerprint density at radius 3 is 2.65 bits per heavy atom. The van der Waals surface area contributed by atoms with Gasteiger partial charge in [0.25, 0.3) is 0 Å². The maximum Gasteiger partial charge on any atom is 0.149 e. The second-order valence-electron chi connectivity index (χ2n) is 8.26. The molecule has 1 saturated heterocycles. The van der Waals surface area contributed by atoms with Gasteiger partial charge in [-0.3, -0.25) is 4.98 Å². The highest BCUT2D eigenvalue weighted by molar-refractivity contribution is 5.85. The van der Waals surface area contributed by atoms with Crippen molar-refractivity contribution in [2.45, 2.75) is 44.8 Å². The van der Waals surface area contributed by atoms with Crippen molar-refractivity contribution in [1.29, 1.82) is 0 Å². The number of nitrogens with zero attached hydrogens (tertiary/aromatic N) is 5. The molecule has 162 valence electrons. The summed E-state index contributed by atoms with van der Waals surface area (Å²) in [7, 11) is 0. The topological polar surface area (TPSA) is 85.3 Å². The van der Waals surface area contributed by atoms with Crippen LogP contribution in [0.2, 0.25) is 0 Å². The van der Waals surface area contributed by atoms with Crippen molar-refractivity contribution in [3.05, 3.63) is 42.6 Å². The number of hydrogen-bond acceptors (Lipinski definition) is 8. The Kier molecular flexibility index (Phi) is 5.80. The van der Waals surface area contributed by atoms with Crippen LogP contribution < -0.4 is 15.0 Å². The number of ether oxygens (including phenoxy) is 2. The van der Waals surface area contributed by atoms with Gasteiger partial charge in [0.2, 0.25) is 0 Å². The van der Waals surface area contributed by atoms with E-state index >= 15 is 0 Å². The monoisotopic (exact) mass is 420 g/mol. The highest BCUT2D eigenvalue weighted by Gasteiger charge is 2.24. The summed E-state index contributed by atoms with van der Waals surface area (Å²) in [6, 6.07) is 4.63. The van der Waals surface area contributed by atoms with Gasteiger partial charge in [-0.1, -0.05) is 0 Å². The van der Waals surface area contributed by atoms with E-state index in [-0.39, 0.29) is 6.10 Å². The Labute approximate surface area is 182 Å². The zero-order valence-corrected chi connectivity index (χ0v) is 17.8. The quantitative estimate of drug-likeness (QED) is 0.673. The van der Waals surface area contributed by atoms with Gasteiger partial charge in [0.1, 0.15) is 23.4 Å². The minimum absolute atomic E-state index is 0.176. The number of benzene rings is 1. The van der Waals surface area contributed by atoms with Gasteiger partial charge in [0, 0.05) is 55.0 Å². The lowest BCUT2D eigenvalue weighted by Gasteiger charge is -2.31. The molecular formula is C23H28N6O2. The van der Waals surface area contributed by atoms with Crippen molar-refractivity contribution in [3.8, 4) is 5.75 Å². The van der Waals surface area contributed by atoms with Crippen molar-refractivity contribution in [1.82, 2.24) is 19.9 Å². The SMILES string of the molecule is Cc1cncnc1NC1CCC(Oc2cc(N3CCOCC3)cc3nccnc23)CC1. The molecule has 8 heteroatoms. The molecule has 2 fully saturated rings. The van der Waals surface area contributed by atoms with Crippen molar-refractivity contribution in [2.24, 2.45) is 0 Å². The fraction of sp³-hybridized carbons (Fsp3) is 0.478. The molecule has 0 radical (unpaired) electrons. The van der Waals surface area contributed by atoms with E-state index in [1.165, 1.54) is 0 Å². The van der Waals surface area contributed by atoms with E-state index < -0.39 is 0 Å². The summed E-state index contributed by atoms with van der Waals surface area (Å²) in [6.45, 7) is 5.29. The molecule has 1 aliphatic carbocycles. The third kappa shape index (κ3) is 4.54. The molecule has 8 nitrogen and oxygen atoms in total. The fourth-order valence-electron chi connectivity index (χ4n) is 4.37. The largest absolute Gasteiger partial charge is 0.488 e. The maximum absolute atomic E-state index is 6.51. The minimum Gasteiger partial charge on any atom is -0.488 e. The molecule has 1 aromatic carbocycles. The molecule has 2 aliphatic rings. The van der Waals surface area contributed by atoms with Crippen LogP contribution in [-0.4, -0.2) is 58.4 Å². The fourth-order valence-corrected chi connectivity index (χ4v) is 4.37. The first-order valence-electron chi connectivity index (χ1n) is 11.0. The maximum atomic E-state index is 6.51. The van der Waals surface area contributed by atoms with Gasteiger partial charge in [-0.05, 0) is 38.7 Å². The predicted molar refractivity (Wildman–Crippen MR) is 120 cm³/mol. The van der Waals surface area contributed by atoms with E-state index in [4.69, 9.17) is 9.47 Å². The minimum atomic E-state index is 0.176. The van der Waals surface area contributed by atoms with Crippen LogP contribution in [0.3, 0.4) is 0 Å². The molecule has 0 bridgehead atoms. The average Bonchev–Trinajstić information content (AvgIpc) is 2.82. The molecule has 2 aromatic heterocycles. The van der Waals surface area contributed by atoms with Crippen molar-refractivity contribution in [2.75, 3.05) is 36.5 Å². The number of fused-ring (bicyclic) bond motifs is 1. The highest BCUT2D eigenvalue weighted by atomic mass is 16.5. The summed E-state index contributed by atoms with van der Waals surface area (Å²) in [5, 5.41) is 3.57. The summed E-state index contributed by atoms with van der Waals surface area (Å²) in [5.74, 6) is 1.76. The number of aryl methyl sites for hydroxylation is 1.